The van der Waals surface area contributed by atoms with Gasteiger partial charge in [-0.1, -0.05) is 50.8 Å². The molecule has 0 amide bonds. The Morgan fingerprint density at radius 2 is 2.00 bits per heavy atom. The molecule has 0 radical (unpaired) electrons. The monoisotopic (exact) mass is 351 g/mol. The number of aromatic nitrogens is 1. The van der Waals surface area contributed by atoms with Crippen molar-refractivity contribution in [2.45, 2.75) is 34.1 Å². The molecule has 4 nitrogen and oxygen atoms in total. The van der Waals surface area contributed by atoms with Crippen molar-refractivity contribution in [2.24, 2.45) is 5.41 Å². The van der Waals surface area contributed by atoms with Crippen molar-refractivity contribution in [3.05, 3.63) is 65.9 Å². The molecule has 0 aliphatic carbocycles. The third kappa shape index (κ3) is 3.19. The molecule has 1 saturated heterocycles. The van der Waals surface area contributed by atoms with E-state index in [0.717, 1.165) is 40.3 Å². The van der Waals surface area contributed by atoms with Crippen molar-refractivity contribution in [3.8, 4) is 11.1 Å². The summed E-state index contributed by atoms with van der Waals surface area (Å²) in [6.07, 6.45) is 2.49. The summed E-state index contributed by atoms with van der Waals surface area (Å²) in [4.78, 5) is 15.7. The van der Waals surface area contributed by atoms with Gasteiger partial charge in [-0.25, -0.2) is 4.79 Å². The number of rotatable bonds is 4. The third-order valence-electron chi connectivity index (χ3n) is 4.83. The van der Waals surface area contributed by atoms with E-state index in [1.165, 1.54) is 0 Å². The standard InChI is InChI=1S/C22H25NO3/c1-6-25-21(24)17-13-23-20(19(17)16-10-8-7-9-11-16)14(2)18-12-22(4,5)15(3)26-18/h7-11,13,23H,3,6,12H2,1-2,4-5H3/b18-14+. The Labute approximate surface area is 154 Å². The molecule has 2 aromatic rings. The molecule has 1 aromatic heterocycles. The Balaban J connectivity index is 2.14. The number of hydrogen-bond acceptors (Lipinski definition) is 3. The van der Waals surface area contributed by atoms with E-state index in [1.807, 2.05) is 37.3 Å². The molecule has 0 unspecified atom stereocenters. The summed E-state index contributed by atoms with van der Waals surface area (Å²) in [5, 5.41) is 0. The van der Waals surface area contributed by atoms with E-state index in [2.05, 4.69) is 25.4 Å². The number of esters is 1. The van der Waals surface area contributed by atoms with Crippen molar-refractivity contribution in [3.63, 3.8) is 0 Å². The lowest BCUT2D eigenvalue weighted by atomic mass is 9.88. The van der Waals surface area contributed by atoms with E-state index in [0.29, 0.717) is 12.2 Å². The van der Waals surface area contributed by atoms with Gasteiger partial charge in [0.2, 0.25) is 0 Å². The minimum atomic E-state index is -0.330. The fraction of sp³-hybridized carbons (Fsp3) is 0.318. The first-order valence-corrected chi connectivity index (χ1v) is 8.86. The van der Waals surface area contributed by atoms with Crippen LogP contribution in [0.5, 0.6) is 0 Å². The van der Waals surface area contributed by atoms with Crippen LogP contribution in [-0.2, 0) is 9.47 Å². The fourth-order valence-corrected chi connectivity index (χ4v) is 3.17. The van der Waals surface area contributed by atoms with Crippen LogP contribution in [0.3, 0.4) is 0 Å². The summed E-state index contributed by atoms with van der Waals surface area (Å²) in [5.41, 5.74) is 4.09. The molecule has 1 aliphatic rings. The number of allylic oxidation sites excluding steroid dienone is 3. The van der Waals surface area contributed by atoms with Gasteiger partial charge in [0.1, 0.15) is 11.5 Å². The van der Waals surface area contributed by atoms with Crippen molar-refractivity contribution in [1.82, 2.24) is 4.98 Å². The second-order valence-electron chi connectivity index (χ2n) is 7.17. The highest BCUT2D eigenvalue weighted by Crippen LogP contribution is 2.45. The van der Waals surface area contributed by atoms with Crippen LogP contribution in [0.1, 0.15) is 50.2 Å². The number of carbonyl (C=O) groups is 1. The highest BCUT2D eigenvalue weighted by molar-refractivity contribution is 6.00. The van der Waals surface area contributed by atoms with Crippen LogP contribution in [0.15, 0.2) is 54.6 Å². The summed E-state index contributed by atoms with van der Waals surface area (Å²) in [6, 6.07) is 9.86. The zero-order chi connectivity index (χ0) is 18.9. The molecular weight excluding hydrogens is 326 g/mol. The molecule has 0 bridgehead atoms. The molecule has 136 valence electrons. The first kappa shape index (κ1) is 18.1. The number of aromatic amines is 1. The van der Waals surface area contributed by atoms with Gasteiger partial charge in [-0.15, -0.1) is 0 Å². The van der Waals surface area contributed by atoms with Gasteiger partial charge >= 0.3 is 5.97 Å². The van der Waals surface area contributed by atoms with Crippen LogP contribution in [0, 0.1) is 5.41 Å². The number of H-pyrrole nitrogens is 1. The second-order valence-corrected chi connectivity index (χ2v) is 7.17. The maximum absolute atomic E-state index is 12.4. The van der Waals surface area contributed by atoms with Crippen LogP contribution in [-0.4, -0.2) is 17.6 Å². The predicted molar refractivity (Wildman–Crippen MR) is 103 cm³/mol. The van der Waals surface area contributed by atoms with Crippen molar-refractivity contribution in [1.29, 1.82) is 0 Å². The van der Waals surface area contributed by atoms with Gasteiger partial charge in [0, 0.05) is 29.2 Å². The van der Waals surface area contributed by atoms with Gasteiger partial charge in [-0.3, -0.25) is 0 Å². The molecule has 1 aromatic carbocycles. The van der Waals surface area contributed by atoms with Crippen LogP contribution < -0.4 is 0 Å². The normalized spacial score (nSPS) is 17.8. The molecule has 26 heavy (non-hydrogen) atoms. The third-order valence-corrected chi connectivity index (χ3v) is 4.83. The minimum Gasteiger partial charge on any atom is -0.466 e. The fourth-order valence-electron chi connectivity index (χ4n) is 3.17. The topological polar surface area (TPSA) is 51.3 Å². The predicted octanol–water partition coefficient (Wildman–Crippen LogP) is 5.55. The minimum absolute atomic E-state index is 0.0972. The maximum Gasteiger partial charge on any atom is 0.340 e. The summed E-state index contributed by atoms with van der Waals surface area (Å²) in [7, 11) is 0. The molecule has 0 saturated carbocycles. The summed E-state index contributed by atoms with van der Waals surface area (Å²) in [5.74, 6) is 1.32. The molecule has 4 heteroatoms. The highest BCUT2D eigenvalue weighted by atomic mass is 16.5. The van der Waals surface area contributed by atoms with E-state index in [4.69, 9.17) is 9.47 Å². The van der Waals surface area contributed by atoms with Crippen LogP contribution in [0.2, 0.25) is 0 Å². The Morgan fingerprint density at radius 3 is 2.58 bits per heavy atom. The molecule has 0 spiro atoms. The number of nitrogens with one attached hydrogen (secondary N) is 1. The largest absolute Gasteiger partial charge is 0.466 e. The molecule has 1 fully saturated rings. The van der Waals surface area contributed by atoms with Crippen molar-refractivity contribution in [2.75, 3.05) is 6.61 Å². The lowest BCUT2D eigenvalue weighted by Crippen LogP contribution is -2.06. The average Bonchev–Trinajstić information content (AvgIpc) is 3.17. The Morgan fingerprint density at radius 1 is 1.31 bits per heavy atom. The first-order chi connectivity index (χ1) is 12.3. The van der Waals surface area contributed by atoms with Gasteiger partial charge in [-0.2, -0.15) is 0 Å². The first-order valence-electron chi connectivity index (χ1n) is 8.86. The quantitative estimate of drug-likeness (QED) is 0.735. The van der Waals surface area contributed by atoms with E-state index in [1.54, 1.807) is 13.1 Å². The molecule has 1 N–H and O–H groups in total. The van der Waals surface area contributed by atoms with Gasteiger partial charge in [0.15, 0.2) is 0 Å². The van der Waals surface area contributed by atoms with Crippen LogP contribution >= 0.6 is 0 Å². The highest BCUT2D eigenvalue weighted by Gasteiger charge is 2.35. The summed E-state index contributed by atoms with van der Waals surface area (Å²) < 4.78 is 11.2. The molecular formula is C22H25NO3. The molecule has 0 atom stereocenters. The smallest absolute Gasteiger partial charge is 0.340 e. The SMILES string of the molecule is C=C1O/C(=C(\C)c2[nH]cc(C(=O)OCC)c2-c2ccccc2)CC1(C)C. The zero-order valence-electron chi connectivity index (χ0n) is 15.8. The summed E-state index contributed by atoms with van der Waals surface area (Å²) >= 11 is 0. The average molecular weight is 351 g/mol. The van der Waals surface area contributed by atoms with Crippen molar-refractivity contribution >= 4 is 11.5 Å². The Kier molecular flexibility index (Phi) is 4.77. The number of hydrogen-bond donors (Lipinski definition) is 1. The van der Waals surface area contributed by atoms with E-state index < -0.39 is 0 Å². The van der Waals surface area contributed by atoms with E-state index in [-0.39, 0.29) is 11.4 Å². The maximum atomic E-state index is 12.4. The Bertz CT molecular complexity index is 872. The van der Waals surface area contributed by atoms with Crippen molar-refractivity contribution < 1.29 is 14.3 Å². The lowest BCUT2D eigenvalue weighted by molar-refractivity contribution is 0.0527. The van der Waals surface area contributed by atoms with E-state index in [9.17, 15) is 4.79 Å². The van der Waals surface area contributed by atoms with Gasteiger partial charge in [0.05, 0.1) is 17.9 Å². The van der Waals surface area contributed by atoms with Crippen LogP contribution in [0.4, 0.5) is 0 Å². The summed E-state index contributed by atoms with van der Waals surface area (Å²) in [6.45, 7) is 12.4. The van der Waals surface area contributed by atoms with Gasteiger partial charge in [-0.05, 0) is 19.4 Å². The molecule has 2 heterocycles. The van der Waals surface area contributed by atoms with Crippen LogP contribution in [0.25, 0.3) is 16.7 Å². The van der Waals surface area contributed by atoms with E-state index >= 15 is 0 Å². The number of benzene rings is 1. The molecule has 1 aliphatic heterocycles. The zero-order valence-corrected chi connectivity index (χ0v) is 15.8. The lowest BCUT2D eigenvalue weighted by Gasteiger charge is -2.13. The number of carbonyl (C=O) groups excluding carboxylic acids is 1. The molecule has 3 rings (SSSR count). The van der Waals surface area contributed by atoms with Gasteiger partial charge in [0.25, 0.3) is 0 Å². The number of ether oxygens (including phenoxy) is 2. The van der Waals surface area contributed by atoms with Gasteiger partial charge < -0.3 is 14.5 Å². The Hall–Kier alpha value is -2.75. The second kappa shape index (κ2) is 6.87.